The van der Waals surface area contributed by atoms with Gasteiger partial charge in [0.25, 0.3) is 0 Å². The highest BCUT2D eigenvalue weighted by Gasteiger charge is 2.18. The van der Waals surface area contributed by atoms with E-state index in [1.165, 1.54) is 13.1 Å². The van der Waals surface area contributed by atoms with Gasteiger partial charge in [0.1, 0.15) is 10.6 Å². The van der Waals surface area contributed by atoms with Crippen molar-refractivity contribution in [3.63, 3.8) is 0 Å². The average molecular weight is 307 g/mol. The molecule has 2 rings (SSSR count). The van der Waals surface area contributed by atoms with Crippen molar-refractivity contribution in [1.29, 1.82) is 0 Å². The van der Waals surface area contributed by atoms with Crippen molar-refractivity contribution in [1.82, 2.24) is 9.71 Å². The predicted octanol–water partition coefficient (Wildman–Crippen LogP) is 1.19. The molecule has 112 valence electrons. The molecule has 0 aliphatic carbocycles. The van der Waals surface area contributed by atoms with Gasteiger partial charge in [-0.2, -0.15) is 0 Å². The van der Waals surface area contributed by atoms with Gasteiger partial charge in [0.15, 0.2) is 0 Å². The number of hydrogen-bond donors (Lipinski definition) is 2. The summed E-state index contributed by atoms with van der Waals surface area (Å²) < 4.78 is 31.7. The van der Waals surface area contributed by atoms with Crippen LogP contribution in [0.4, 0.5) is 5.69 Å². The Bertz CT molecular complexity index is 703. The molecule has 0 unspecified atom stereocenters. The van der Waals surface area contributed by atoms with Crippen molar-refractivity contribution < 1.29 is 13.2 Å². The Morgan fingerprint density at radius 1 is 1.29 bits per heavy atom. The first kappa shape index (κ1) is 15.3. The maximum absolute atomic E-state index is 11.9. The van der Waals surface area contributed by atoms with Crippen molar-refractivity contribution in [2.75, 3.05) is 19.4 Å². The summed E-state index contributed by atoms with van der Waals surface area (Å²) in [6.07, 6.45) is 2.29. The molecule has 1 aromatic carbocycles. The number of anilines is 1. The topological polar surface area (TPSA) is 94.3 Å². The van der Waals surface area contributed by atoms with Gasteiger partial charge in [0.05, 0.1) is 6.61 Å². The first-order valence-electron chi connectivity index (χ1n) is 6.39. The maximum Gasteiger partial charge on any atom is 0.244 e. The number of nitrogens with zero attached hydrogens (tertiary/aromatic N) is 1. The molecule has 1 aromatic heterocycles. The van der Waals surface area contributed by atoms with Crippen LogP contribution in [-0.2, 0) is 16.4 Å². The number of pyridine rings is 1. The highest BCUT2D eigenvalue weighted by atomic mass is 32.2. The van der Waals surface area contributed by atoms with E-state index in [1.807, 2.05) is 18.2 Å². The molecule has 1 heterocycles. The average Bonchev–Trinajstić information content (AvgIpc) is 2.49. The fraction of sp³-hybridized carbons (Fsp3) is 0.214. The first-order chi connectivity index (χ1) is 10.0. The van der Waals surface area contributed by atoms with E-state index in [1.54, 1.807) is 18.3 Å². The van der Waals surface area contributed by atoms with Crippen molar-refractivity contribution in [2.24, 2.45) is 0 Å². The van der Waals surface area contributed by atoms with Gasteiger partial charge in [-0.1, -0.05) is 6.07 Å². The van der Waals surface area contributed by atoms with Gasteiger partial charge in [0.2, 0.25) is 10.0 Å². The van der Waals surface area contributed by atoms with Crippen LogP contribution in [0.5, 0.6) is 5.75 Å². The summed E-state index contributed by atoms with van der Waals surface area (Å²) in [7, 11) is -2.27. The van der Waals surface area contributed by atoms with Crippen LogP contribution in [-0.4, -0.2) is 27.1 Å². The molecular weight excluding hydrogens is 290 g/mol. The van der Waals surface area contributed by atoms with E-state index in [-0.39, 0.29) is 10.6 Å². The quantitative estimate of drug-likeness (QED) is 0.782. The Balaban J connectivity index is 2.13. The number of rotatable bonds is 6. The molecule has 2 aromatic rings. The minimum absolute atomic E-state index is 0.0334. The summed E-state index contributed by atoms with van der Waals surface area (Å²) in [5.41, 5.74) is 6.88. The van der Waals surface area contributed by atoms with Crippen LogP contribution >= 0.6 is 0 Å². The van der Waals surface area contributed by atoms with Crippen LogP contribution in [0.1, 0.15) is 5.69 Å². The van der Waals surface area contributed by atoms with Crippen LogP contribution in [0.2, 0.25) is 0 Å². The van der Waals surface area contributed by atoms with Gasteiger partial charge in [-0.3, -0.25) is 4.98 Å². The van der Waals surface area contributed by atoms with Crippen LogP contribution in [0.3, 0.4) is 0 Å². The lowest BCUT2D eigenvalue weighted by atomic mass is 10.3. The minimum Gasteiger partial charge on any atom is -0.492 e. The van der Waals surface area contributed by atoms with E-state index in [0.717, 1.165) is 5.69 Å². The number of ether oxygens (including phenoxy) is 1. The van der Waals surface area contributed by atoms with Crippen molar-refractivity contribution >= 4 is 15.7 Å². The summed E-state index contributed by atoms with van der Waals surface area (Å²) in [6.45, 7) is 0.327. The Kier molecular flexibility index (Phi) is 4.77. The molecule has 0 aliphatic heterocycles. The molecule has 0 atom stereocenters. The second-order valence-corrected chi connectivity index (χ2v) is 6.19. The molecule has 0 fully saturated rings. The molecule has 7 heteroatoms. The molecule has 0 saturated carbocycles. The highest BCUT2D eigenvalue weighted by molar-refractivity contribution is 7.89. The SMILES string of the molecule is CNS(=O)(=O)c1cc(N)ccc1OCCc1ccccn1. The van der Waals surface area contributed by atoms with Crippen LogP contribution < -0.4 is 15.2 Å². The smallest absolute Gasteiger partial charge is 0.244 e. The third-order valence-corrected chi connectivity index (χ3v) is 4.30. The largest absolute Gasteiger partial charge is 0.492 e. The third-order valence-electron chi connectivity index (χ3n) is 2.87. The molecule has 0 spiro atoms. The molecule has 6 nitrogen and oxygen atoms in total. The first-order valence-corrected chi connectivity index (χ1v) is 7.87. The molecule has 0 bridgehead atoms. The van der Waals surface area contributed by atoms with E-state index in [0.29, 0.717) is 18.7 Å². The van der Waals surface area contributed by atoms with Gasteiger partial charge >= 0.3 is 0 Å². The zero-order valence-electron chi connectivity index (χ0n) is 11.6. The van der Waals surface area contributed by atoms with E-state index >= 15 is 0 Å². The number of nitrogen functional groups attached to an aromatic ring is 1. The Morgan fingerprint density at radius 2 is 2.10 bits per heavy atom. The molecule has 0 radical (unpaired) electrons. The van der Waals surface area contributed by atoms with Gasteiger partial charge in [-0.15, -0.1) is 0 Å². The minimum atomic E-state index is -3.62. The van der Waals surface area contributed by atoms with E-state index in [9.17, 15) is 8.42 Å². The molecule has 0 saturated heterocycles. The summed E-state index contributed by atoms with van der Waals surface area (Å²) >= 11 is 0. The Hall–Kier alpha value is -2.12. The van der Waals surface area contributed by atoms with Crippen molar-refractivity contribution in [3.8, 4) is 5.75 Å². The lowest BCUT2D eigenvalue weighted by Gasteiger charge is -2.12. The molecule has 21 heavy (non-hydrogen) atoms. The second kappa shape index (κ2) is 6.55. The highest BCUT2D eigenvalue weighted by Crippen LogP contribution is 2.26. The molecule has 0 amide bonds. The van der Waals surface area contributed by atoms with Gasteiger partial charge < -0.3 is 10.5 Å². The summed E-state index contributed by atoms with van der Waals surface area (Å²) in [5.74, 6) is 0.273. The van der Waals surface area contributed by atoms with E-state index < -0.39 is 10.0 Å². The maximum atomic E-state index is 11.9. The van der Waals surface area contributed by atoms with E-state index in [2.05, 4.69) is 9.71 Å². The van der Waals surface area contributed by atoms with Crippen molar-refractivity contribution in [3.05, 3.63) is 48.3 Å². The summed E-state index contributed by atoms with van der Waals surface area (Å²) in [6, 6.07) is 10.1. The Morgan fingerprint density at radius 3 is 2.76 bits per heavy atom. The predicted molar refractivity (Wildman–Crippen MR) is 80.5 cm³/mol. The summed E-state index contributed by atoms with van der Waals surface area (Å²) in [4.78, 5) is 4.21. The number of benzene rings is 1. The van der Waals surface area contributed by atoms with Gasteiger partial charge in [-0.25, -0.2) is 13.1 Å². The Labute approximate surface area is 124 Å². The van der Waals surface area contributed by atoms with E-state index in [4.69, 9.17) is 10.5 Å². The molecular formula is C14H17N3O3S. The standard InChI is InChI=1S/C14H17N3O3S/c1-16-21(18,19)14-10-11(15)5-6-13(14)20-9-7-12-4-2-3-8-17-12/h2-6,8,10,16H,7,9,15H2,1H3. The number of hydrogen-bond acceptors (Lipinski definition) is 5. The van der Waals surface area contributed by atoms with Crippen LogP contribution in [0.15, 0.2) is 47.5 Å². The van der Waals surface area contributed by atoms with Gasteiger partial charge in [0, 0.05) is 24.0 Å². The fourth-order valence-electron chi connectivity index (χ4n) is 1.78. The van der Waals surface area contributed by atoms with Crippen molar-refractivity contribution in [2.45, 2.75) is 11.3 Å². The number of nitrogens with two attached hydrogens (primary N) is 1. The molecule has 0 aliphatic rings. The lowest BCUT2D eigenvalue weighted by Crippen LogP contribution is -2.20. The van der Waals surface area contributed by atoms with Gasteiger partial charge in [-0.05, 0) is 37.4 Å². The number of sulfonamides is 1. The van der Waals surface area contributed by atoms with Crippen LogP contribution in [0, 0.1) is 0 Å². The molecule has 3 N–H and O–H groups in total. The zero-order valence-corrected chi connectivity index (χ0v) is 12.4. The van der Waals surface area contributed by atoms with Crippen LogP contribution in [0.25, 0.3) is 0 Å². The normalized spacial score (nSPS) is 11.3. The second-order valence-electron chi connectivity index (χ2n) is 4.33. The number of nitrogens with one attached hydrogen (secondary N) is 1. The zero-order chi connectivity index (χ0) is 15.3. The monoisotopic (exact) mass is 307 g/mol. The number of aromatic nitrogens is 1. The fourth-order valence-corrected chi connectivity index (χ4v) is 2.68. The third kappa shape index (κ3) is 3.93. The summed E-state index contributed by atoms with van der Waals surface area (Å²) in [5, 5.41) is 0. The lowest BCUT2D eigenvalue weighted by molar-refractivity contribution is 0.312.